The Morgan fingerprint density at radius 1 is 1.12 bits per heavy atom. The van der Waals surface area contributed by atoms with Gasteiger partial charge in [-0.05, 0) is 17.5 Å². The molecule has 1 aromatic heterocycles. The summed E-state index contributed by atoms with van der Waals surface area (Å²) in [6.07, 6.45) is 0. The van der Waals surface area contributed by atoms with Gasteiger partial charge in [-0.25, -0.2) is 0 Å². The Morgan fingerprint density at radius 3 is 2.56 bits per heavy atom. The molecule has 0 fully saturated rings. The highest BCUT2D eigenvalue weighted by atomic mass is 16.5. The number of benzene rings is 2. The van der Waals surface area contributed by atoms with Crippen LogP contribution in [0.2, 0.25) is 0 Å². The Kier molecular flexibility index (Phi) is 4.79. The molecule has 6 nitrogen and oxygen atoms in total. The average molecular weight is 336 g/mol. The summed E-state index contributed by atoms with van der Waals surface area (Å²) in [4.78, 5) is 14.9. The van der Waals surface area contributed by atoms with Crippen LogP contribution >= 0.6 is 0 Å². The monoisotopic (exact) mass is 336 g/mol. The van der Waals surface area contributed by atoms with Gasteiger partial charge in [0.1, 0.15) is 11.6 Å². The number of nitrogen functional groups attached to an aromatic ring is 1. The number of nitrogens with zero attached hydrogens (tertiary/aromatic N) is 2. The first-order chi connectivity index (χ1) is 12.1. The molecule has 0 aliphatic carbocycles. The lowest BCUT2D eigenvalue weighted by Gasteiger charge is -2.12. The van der Waals surface area contributed by atoms with Gasteiger partial charge in [0.05, 0.1) is 0 Å². The summed E-state index contributed by atoms with van der Waals surface area (Å²) in [6, 6.07) is 15.2. The Labute approximate surface area is 145 Å². The highest BCUT2D eigenvalue weighted by molar-refractivity contribution is 5.99. The van der Waals surface area contributed by atoms with Crippen LogP contribution in [-0.2, 0) is 4.79 Å². The number of aromatic amines is 1. The van der Waals surface area contributed by atoms with Gasteiger partial charge in [0, 0.05) is 10.8 Å². The van der Waals surface area contributed by atoms with Crippen LogP contribution in [0.4, 0.5) is 11.6 Å². The first kappa shape index (κ1) is 16.7. The maximum absolute atomic E-state index is 12.0. The van der Waals surface area contributed by atoms with Crippen molar-refractivity contribution in [1.29, 1.82) is 0 Å². The maximum atomic E-state index is 12.0. The number of hydrogen-bond acceptors (Lipinski definition) is 4. The molecule has 25 heavy (non-hydrogen) atoms. The van der Waals surface area contributed by atoms with Crippen LogP contribution in [0.25, 0.3) is 10.8 Å². The minimum absolute atomic E-state index is 0.165. The standard InChI is InChI=1S/C19H20N4O2/c1-12(2)13-7-5-6-10-16(13)25-11-17(24)22-23-19-15-9-4-3-8-14(15)18(20)21-19/h3-10,12,21H,11,20H2,1-2H3. The smallest absolute Gasteiger partial charge is 0.302 e. The zero-order valence-electron chi connectivity index (χ0n) is 14.2. The van der Waals surface area contributed by atoms with Gasteiger partial charge >= 0.3 is 5.91 Å². The summed E-state index contributed by atoms with van der Waals surface area (Å²) in [5.74, 6) is 1.50. The molecule has 0 aliphatic heterocycles. The van der Waals surface area contributed by atoms with Crippen LogP contribution in [0.5, 0.6) is 5.75 Å². The van der Waals surface area contributed by atoms with E-state index in [1.54, 1.807) is 0 Å². The van der Waals surface area contributed by atoms with Crippen molar-refractivity contribution in [2.45, 2.75) is 19.8 Å². The number of para-hydroxylation sites is 1. The second-order valence-electron chi connectivity index (χ2n) is 6.01. The van der Waals surface area contributed by atoms with E-state index in [1.165, 1.54) is 0 Å². The molecule has 1 heterocycles. The number of rotatable bonds is 5. The number of carbonyl (C=O) groups is 1. The van der Waals surface area contributed by atoms with Gasteiger partial charge < -0.3 is 15.5 Å². The number of H-pyrrole nitrogens is 1. The Balaban J connectivity index is 1.69. The number of anilines is 1. The molecule has 2 aromatic carbocycles. The van der Waals surface area contributed by atoms with Gasteiger partial charge in [-0.3, -0.25) is 4.79 Å². The molecule has 6 heteroatoms. The number of hydrogen-bond donors (Lipinski definition) is 2. The van der Waals surface area contributed by atoms with Crippen molar-refractivity contribution in [3.05, 3.63) is 54.1 Å². The number of nitrogens with one attached hydrogen (secondary N) is 1. The fourth-order valence-corrected chi connectivity index (χ4v) is 2.63. The molecule has 0 bridgehead atoms. The molecule has 3 aromatic rings. The Morgan fingerprint density at radius 2 is 1.80 bits per heavy atom. The zero-order chi connectivity index (χ0) is 17.8. The third-order valence-electron chi connectivity index (χ3n) is 3.88. The summed E-state index contributed by atoms with van der Waals surface area (Å²) >= 11 is 0. The van der Waals surface area contributed by atoms with E-state index in [9.17, 15) is 4.79 Å². The van der Waals surface area contributed by atoms with Crippen molar-refractivity contribution in [3.8, 4) is 5.75 Å². The number of azo groups is 1. The third kappa shape index (κ3) is 3.68. The lowest BCUT2D eigenvalue weighted by molar-refractivity contribution is -0.120. The van der Waals surface area contributed by atoms with E-state index < -0.39 is 5.91 Å². The highest BCUT2D eigenvalue weighted by Crippen LogP contribution is 2.30. The van der Waals surface area contributed by atoms with Crippen LogP contribution in [0.3, 0.4) is 0 Å². The van der Waals surface area contributed by atoms with Gasteiger partial charge in [-0.2, -0.15) is 0 Å². The van der Waals surface area contributed by atoms with E-state index in [0.717, 1.165) is 16.3 Å². The summed E-state index contributed by atoms with van der Waals surface area (Å²) in [7, 11) is 0. The van der Waals surface area contributed by atoms with E-state index in [0.29, 0.717) is 23.3 Å². The minimum Gasteiger partial charge on any atom is -0.483 e. The largest absolute Gasteiger partial charge is 0.483 e. The predicted octanol–water partition coefficient (Wildman–Crippen LogP) is 4.56. The fourth-order valence-electron chi connectivity index (χ4n) is 2.63. The lowest BCUT2D eigenvalue weighted by Crippen LogP contribution is -2.09. The van der Waals surface area contributed by atoms with Gasteiger partial charge in [-0.15, -0.1) is 10.2 Å². The number of amides is 1. The van der Waals surface area contributed by atoms with Crippen molar-refractivity contribution in [2.75, 3.05) is 12.3 Å². The molecule has 0 saturated heterocycles. The van der Waals surface area contributed by atoms with Crippen molar-refractivity contribution in [1.82, 2.24) is 4.98 Å². The van der Waals surface area contributed by atoms with E-state index in [1.807, 2.05) is 48.5 Å². The summed E-state index contributed by atoms with van der Waals surface area (Å²) < 4.78 is 5.60. The number of ether oxygens (including phenoxy) is 1. The number of nitrogens with two attached hydrogens (primary N) is 1. The SMILES string of the molecule is CC(C)c1ccccc1OCC(=O)N=Nc1[nH]c(N)c2ccccc12. The van der Waals surface area contributed by atoms with Gasteiger partial charge in [-0.1, -0.05) is 56.3 Å². The van der Waals surface area contributed by atoms with Crippen molar-refractivity contribution in [3.63, 3.8) is 0 Å². The van der Waals surface area contributed by atoms with Crippen LogP contribution in [0, 0.1) is 0 Å². The number of aromatic nitrogens is 1. The van der Waals surface area contributed by atoms with Crippen LogP contribution in [-0.4, -0.2) is 17.5 Å². The van der Waals surface area contributed by atoms with Crippen LogP contribution in [0.15, 0.2) is 58.8 Å². The van der Waals surface area contributed by atoms with Gasteiger partial charge in [0.2, 0.25) is 0 Å². The Bertz CT molecular complexity index is 928. The molecule has 0 saturated carbocycles. The highest BCUT2D eigenvalue weighted by Gasteiger charge is 2.10. The molecule has 0 atom stereocenters. The predicted molar refractivity (Wildman–Crippen MR) is 98.3 cm³/mol. The van der Waals surface area contributed by atoms with E-state index in [2.05, 4.69) is 29.1 Å². The molecule has 1 amide bonds. The van der Waals surface area contributed by atoms with E-state index in [4.69, 9.17) is 10.5 Å². The molecular formula is C19H20N4O2. The molecule has 0 aliphatic rings. The molecular weight excluding hydrogens is 316 g/mol. The molecule has 3 rings (SSSR count). The summed E-state index contributed by atoms with van der Waals surface area (Å²) in [5.41, 5.74) is 6.95. The van der Waals surface area contributed by atoms with E-state index >= 15 is 0 Å². The normalized spacial score (nSPS) is 11.5. The summed E-state index contributed by atoms with van der Waals surface area (Å²) in [6.45, 7) is 3.98. The molecule has 0 unspecified atom stereocenters. The minimum atomic E-state index is -0.462. The third-order valence-corrected chi connectivity index (χ3v) is 3.88. The van der Waals surface area contributed by atoms with Gasteiger partial charge in [0.15, 0.2) is 12.4 Å². The van der Waals surface area contributed by atoms with Crippen LogP contribution < -0.4 is 10.5 Å². The molecule has 128 valence electrons. The van der Waals surface area contributed by atoms with Crippen molar-refractivity contribution in [2.24, 2.45) is 10.2 Å². The average Bonchev–Trinajstić information content (AvgIpc) is 2.95. The summed E-state index contributed by atoms with van der Waals surface area (Å²) in [5, 5.41) is 9.38. The maximum Gasteiger partial charge on any atom is 0.302 e. The molecule has 0 spiro atoms. The topological polar surface area (TPSA) is 92.8 Å². The van der Waals surface area contributed by atoms with Crippen molar-refractivity contribution < 1.29 is 9.53 Å². The molecule has 0 radical (unpaired) electrons. The fraction of sp³-hybridized carbons (Fsp3) is 0.211. The quantitative estimate of drug-likeness (QED) is 0.669. The molecule has 3 N–H and O–H groups in total. The first-order valence-electron chi connectivity index (χ1n) is 8.08. The lowest BCUT2D eigenvalue weighted by atomic mass is 10.0. The van der Waals surface area contributed by atoms with Crippen molar-refractivity contribution >= 4 is 28.3 Å². The number of fused-ring (bicyclic) bond motifs is 1. The Hall–Kier alpha value is -3.15. The van der Waals surface area contributed by atoms with E-state index in [-0.39, 0.29) is 6.61 Å². The van der Waals surface area contributed by atoms with Gasteiger partial charge in [0.25, 0.3) is 0 Å². The number of carbonyl (C=O) groups excluding carboxylic acids is 1. The second kappa shape index (κ2) is 7.17. The first-order valence-corrected chi connectivity index (χ1v) is 8.08. The second-order valence-corrected chi connectivity index (χ2v) is 6.01. The van der Waals surface area contributed by atoms with Crippen LogP contribution in [0.1, 0.15) is 25.3 Å². The zero-order valence-corrected chi connectivity index (χ0v) is 14.2.